The summed E-state index contributed by atoms with van der Waals surface area (Å²) in [6.07, 6.45) is 0. The Labute approximate surface area is 217 Å². The van der Waals surface area contributed by atoms with Crippen molar-refractivity contribution in [3.63, 3.8) is 0 Å². The van der Waals surface area contributed by atoms with Crippen molar-refractivity contribution in [2.24, 2.45) is 0 Å². The Morgan fingerprint density at radius 1 is 0.765 bits per heavy atom. The zero-order valence-corrected chi connectivity index (χ0v) is 24.1. The van der Waals surface area contributed by atoms with Crippen LogP contribution in [0.4, 0.5) is 5.69 Å². The first-order valence-corrected chi connectivity index (χ1v) is 21.5. The summed E-state index contributed by atoms with van der Waals surface area (Å²) in [6.45, 7) is 0.342. The molecule has 4 N–H and O–H groups in total. The maximum atomic E-state index is 11.2. The maximum absolute atomic E-state index is 11.2. The van der Waals surface area contributed by atoms with Gasteiger partial charge in [-0.15, -0.1) is 0 Å². The number of hydrogen-bond donors (Lipinski definition) is 4. The zero-order chi connectivity index (χ0) is 25.5. The monoisotopic (exact) mass is 665 g/mol. The van der Waals surface area contributed by atoms with Crippen molar-refractivity contribution < 1.29 is 55.2 Å². The number of rotatable bonds is 20. The fourth-order valence-corrected chi connectivity index (χ4v) is 18.4. The van der Waals surface area contributed by atoms with E-state index in [2.05, 4.69) is 18.7 Å². The predicted molar refractivity (Wildman–Crippen MR) is 136 cm³/mol. The molecule has 1 aromatic carbocycles. The molecule has 0 amide bonds. The summed E-state index contributed by atoms with van der Waals surface area (Å²) >= 11 is -0.151. The van der Waals surface area contributed by atoms with Gasteiger partial charge in [0.1, 0.15) is 0 Å². The van der Waals surface area contributed by atoms with E-state index in [1.807, 2.05) is 12.1 Å². The second-order valence-electron chi connectivity index (χ2n) is 5.93. The molecular weight excluding hydrogens is 641 g/mol. The van der Waals surface area contributed by atoms with Crippen LogP contribution in [0.15, 0.2) is 24.3 Å². The van der Waals surface area contributed by atoms with E-state index in [0.717, 1.165) is 28.4 Å². The van der Waals surface area contributed by atoms with Crippen molar-refractivity contribution >= 4 is 86.7 Å². The van der Waals surface area contributed by atoms with Gasteiger partial charge in [0.15, 0.2) is 0 Å². The molecule has 20 heteroatoms. The van der Waals surface area contributed by atoms with Gasteiger partial charge in [0.2, 0.25) is 0 Å². The Kier molecular flexibility index (Phi) is 17.2. The van der Waals surface area contributed by atoms with E-state index in [1.165, 1.54) is 10.0 Å². The average Bonchev–Trinajstić information content (AvgIpc) is 2.76. The van der Waals surface area contributed by atoms with Gasteiger partial charge in [-0.05, 0) is 0 Å². The molecule has 34 heavy (non-hydrogen) atoms. The van der Waals surface area contributed by atoms with Crippen LogP contribution in [0.3, 0.4) is 0 Å². The topological polar surface area (TPSA) is 189 Å². The quantitative estimate of drug-likeness (QED) is 0.0392. The van der Waals surface area contributed by atoms with E-state index in [0.29, 0.717) is 29.5 Å². The Morgan fingerprint density at radius 2 is 1.32 bits per heavy atom. The first-order valence-electron chi connectivity index (χ1n) is 9.06. The van der Waals surface area contributed by atoms with Crippen molar-refractivity contribution in [3.05, 3.63) is 24.3 Å². The van der Waals surface area contributed by atoms with E-state index in [1.54, 1.807) is 27.1 Å². The van der Waals surface area contributed by atoms with Crippen molar-refractivity contribution in [2.45, 2.75) is 0 Å². The summed E-state index contributed by atoms with van der Waals surface area (Å²) in [4.78, 5) is 1.71. The van der Waals surface area contributed by atoms with Crippen molar-refractivity contribution in [2.75, 3.05) is 52.5 Å². The van der Waals surface area contributed by atoms with Crippen LogP contribution in [0.5, 0.6) is 0 Å². The van der Waals surface area contributed by atoms with Crippen LogP contribution in [0.1, 0.15) is 0 Å². The molecule has 0 spiro atoms. The summed E-state index contributed by atoms with van der Waals surface area (Å²) < 4.78 is 72.2. The Balaban J connectivity index is 2.89. The predicted octanol–water partition coefficient (Wildman–Crippen LogP) is 1.57. The molecule has 0 aliphatic carbocycles. The minimum absolute atomic E-state index is 0.0160. The average molecular weight is 666 g/mol. The van der Waals surface area contributed by atoms with E-state index >= 15 is 0 Å². The molecule has 198 valence electrons. The molecule has 1 unspecified atom stereocenters. The standard InChI is InChI=1S/C14H24AsNO12S6/c17-25-27-31-7-5-16(6-11-33(19,20)21)14-3-1-13(2-4-14)15(29-8-9-32-28-26-18)30-10-12-34(22,23)24/h1-4,17-18H,5-12H2,(H,19,20,21)(H,22,23,24). The summed E-state index contributed by atoms with van der Waals surface area (Å²) in [5, 5.41) is 23.4. The van der Waals surface area contributed by atoms with Crippen LogP contribution >= 0.6 is 44.1 Å². The normalized spacial score (nSPS) is 13.2. The van der Waals surface area contributed by atoms with E-state index in [4.69, 9.17) is 19.6 Å². The number of hydrogen-bond acceptors (Lipinski definition) is 15. The van der Waals surface area contributed by atoms with Gasteiger partial charge in [-0.3, -0.25) is 0 Å². The third kappa shape index (κ3) is 16.3. The minimum atomic E-state index is -4.17. The molecule has 0 aliphatic rings. The van der Waals surface area contributed by atoms with Crippen LogP contribution in [-0.2, 0) is 39.0 Å². The fourth-order valence-electron chi connectivity index (χ4n) is 2.21. The number of benzene rings is 1. The van der Waals surface area contributed by atoms with Gasteiger partial charge in [-0.1, -0.05) is 0 Å². The third-order valence-electron chi connectivity index (χ3n) is 3.57. The molecule has 0 aliphatic heterocycles. The summed E-state index contributed by atoms with van der Waals surface area (Å²) in [6, 6.07) is 7.31. The zero-order valence-electron chi connectivity index (χ0n) is 17.4. The fraction of sp³-hybridized carbons (Fsp3) is 0.571. The molecule has 13 nitrogen and oxygen atoms in total. The molecule has 1 atom stereocenters. The van der Waals surface area contributed by atoms with Crippen LogP contribution < -0.4 is 9.25 Å². The van der Waals surface area contributed by atoms with Crippen LogP contribution in [0.25, 0.3) is 0 Å². The van der Waals surface area contributed by atoms with Gasteiger partial charge in [-0.25, -0.2) is 0 Å². The molecule has 0 saturated heterocycles. The van der Waals surface area contributed by atoms with Crippen molar-refractivity contribution in [1.29, 1.82) is 0 Å². The Bertz CT molecular complexity index is 891. The van der Waals surface area contributed by atoms with E-state index in [9.17, 15) is 16.8 Å². The molecule has 0 heterocycles. The van der Waals surface area contributed by atoms with Crippen molar-refractivity contribution in [3.8, 4) is 0 Å². The molecule has 0 bridgehead atoms. The number of anilines is 1. The van der Waals surface area contributed by atoms with Gasteiger partial charge in [0, 0.05) is 0 Å². The van der Waals surface area contributed by atoms with Gasteiger partial charge in [-0.2, -0.15) is 0 Å². The number of nitrogens with zero attached hydrogens (tertiary/aromatic N) is 1. The first-order chi connectivity index (χ1) is 16.1. The third-order valence-corrected chi connectivity index (χ3v) is 20.0. The Morgan fingerprint density at radius 3 is 1.88 bits per heavy atom. The molecule has 0 fully saturated rings. The first kappa shape index (κ1) is 32.6. The van der Waals surface area contributed by atoms with Gasteiger partial charge in [0.25, 0.3) is 0 Å². The molecule has 1 rings (SSSR count). The van der Waals surface area contributed by atoms with E-state index < -0.39 is 38.3 Å². The SMILES string of the molecule is O=S(=O)(O)CCS[As](SCCSOOO)c1ccc(N(CCSOOO)CCS(=O)(=O)O)cc1. The summed E-state index contributed by atoms with van der Waals surface area (Å²) in [7, 11) is -5.14. The van der Waals surface area contributed by atoms with Gasteiger partial charge in [0.05, 0.1) is 0 Å². The van der Waals surface area contributed by atoms with Crippen molar-refractivity contribution in [1.82, 2.24) is 0 Å². The van der Waals surface area contributed by atoms with E-state index in [-0.39, 0.29) is 18.1 Å². The summed E-state index contributed by atoms with van der Waals surface area (Å²) in [5.74, 6) is 0.852. The second-order valence-corrected chi connectivity index (χ2v) is 22.4. The molecule has 0 aromatic heterocycles. The second kappa shape index (κ2) is 17.9. The van der Waals surface area contributed by atoms with Crippen LogP contribution in [0.2, 0.25) is 0 Å². The molecule has 0 saturated carbocycles. The summed E-state index contributed by atoms with van der Waals surface area (Å²) in [5.41, 5.74) is 0.684. The molecule has 1 aromatic rings. The van der Waals surface area contributed by atoms with Gasteiger partial charge >= 0.3 is 219 Å². The Hall–Kier alpha value is 0.558. The molecular formula is C14H24AsNO12S6. The molecule has 0 radical (unpaired) electrons. The van der Waals surface area contributed by atoms with Gasteiger partial charge < -0.3 is 0 Å². The van der Waals surface area contributed by atoms with Crippen LogP contribution in [-0.4, -0.2) is 96.4 Å². The van der Waals surface area contributed by atoms with Crippen LogP contribution in [0, 0.1) is 0 Å².